The minimum Gasteiger partial charge on any atom is -0.497 e. The predicted octanol–water partition coefficient (Wildman–Crippen LogP) is 4.96. The summed E-state index contributed by atoms with van der Waals surface area (Å²) < 4.78 is 39.8. The molecule has 0 radical (unpaired) electrons. The van der Waals surface area contributed by atoms with Crippen LogP contribution in [-0.2, 0) is 4.79 Å². The summed E-state index contributed by atoms with van der Waals surface area (Å²) in [4.78, 5) is 12.4. The molecular weight excluding hydrogens is 461 g/mol. The number of unbranched alkanes of at least 4 members (excludes halogenated alkanes) is 3. The largest absolute Gasteiger partial charge is 0.737 e. The van der Waals surface area contributed by atoms with Gasteiger partial charge in [0.25, 0.3) is 0 Å². The molecule has 0 atom stereocenters. The molecule has 0 spiro atoms. The Bertz CT molecular complexity index is 1230. The molecule has 0 saturated carbocycles. The molecule has 6 nitrogen and oxygen atoms in total. The molecule has 4 rings (SSSR count). The normalized spacial score (nSPS) is 16.1. The van der Waals surface area contributed by atoms with E-state index in [2.05, 4.69) is 5.32 Å². The van der Waals surface area contributed by atoms with Gasteiger partial charge in [0.15, 0.2) is 5.70 Å². The lowest BCUT2D eigenvalue weighted by Crippen LogP contribution is -2.50. The Morgan fingerprint density at radius 2 is 1.81 bits per heavy atom. The van der Waals surface area contributed by atoms with E-state index in [-0.39, 0.29) is 12.3 Å². The van der Waals surface area contributed by atoms with Gasteiger partial charge in [0.1, 0.15) is 11.5 Å². The summed E-state index contributed by atoms with van der Waals surface area (Å²) in [6.45, 7) is 0.809. The SMILES string of the molecule is COc1ccc(-c2ccc3n2[B-](F)(F)[N+]2=C(C)C(CCC(=O)NCCCCCCN)=C(C)C2=C3)cc1. The van der Waals surface area contributed by atoms with Gasteiger partial charge in [0.2, 0.25) is 5.91 Å². The Morgan fingerprint density at radius 1 is 1.08 bits per heavy atom. The zero-order chi connectivity index (χ0) is 25.9. The van der Waals surface area contributed by atoms with Crippen molar-refractivity contribution >= 4 is 24.7 Å². The number of amides is 1. The maximum absolute atomic E-state index is 16.1. The van der Waals surface area contributed by atoms with E-state index in [9.17, 15) is 4.79 Å². The van der Waals surface area contributed by atoms with E-state index in [1.807, 2.05) is 13.0 Å². The van der Waals surface area contributed by atoms with Crippen LogP contribution >= 0.6 is 0 Å². The molecule has 0 unspecified atom stereocenters. The molecule has 0 aliphatic carbocycles. The second-order valence-corrected chi connectivity index (χ2v) is 9.47. The lowest BCUT2D eigenvalue weighted by Gasteiger charge is -2.31. The first-order valence-electron chi connectivity index (χ1n) is 12.7. The standard InChI is InChI=1S/C27H35BF2N4O2/c1-19-24(13-15-27(35)32-17-7-5-4-6-16-31)20(2)33-26(19)18-22-10-14-25(34(22)28(33,29)30)21-8-11-23(36-3)12-9-21/h8-12,14,18H,4-7,13,15-17,31H2,1-3H3,(H,32,35). The number of methoxy groups -OCH3 is 1. The van der Waals surface area contributed by atoms with Gasteiger partial charge >= 0.3 is 6.97 Å². The summed E-state index contributed by atoms with van der Waals surface area (Å²) in [6, 6.07) is 10.6. The molecule has 36 heavy (non-hydrogen) atoms. The highest BCUT2D eigenvalue weighted by Crippen LogP contribution is 2.40. The van der Waals surface area contributed by atoms with Gasteiger partial charge in [0.05, 0.1) is 7.11 Å². The maximum Gasteiger partial charge on any atom is 0.737 e. The van der Waals surface area contributed by atoms with Crippen LogP contribution in [-0.4, -0.2) is 47.8 Å². The number of nitrogens with one attached hydrogen (secondary N) is 1. The Kier molecular flexibility index (Phi) is 7.78. The fourth-order valence-corrected chi connectivity index (χ4v) is 5.24. The molecular formula is C27H35BF2N4O2. The molecule has 2 aliphatic rings. The number of hydrogen-bond acceptors (Lipinski definition) is 3. The van der Waals surface area contributed by atoms with Gasteiger partial charge in [-0.15, -0.1) is 0 Å². The first-order valence-corrected chi connectivity index (χ1v) is 12.7. The van der Waals surface area contributed by atoms with Gasteiger partial charge in [-0.05, 0) is 74.7 Å². The molecule has 2 aliphatic heterocycles. The third kappa shape index (κ3) is 4.89. The van der Waals surface area contributed by atoms with Crippen molar-refractivity contribution in [3.05, 3.63) is 58.9 Å². The number of ether oxygens (including phenoxy) is 1. The molecule has 1 aromatic heterocycles. The van der Waals surface area contributed by atoms with Crippen LogP contribution in [0.25, 0.3) is 17.3 Å². The number of carbonyl (C=O) groups excluding carboxylic acids is 1. The minimum atomic E-state index is -4.11. The van der Waals surface area contributed by atoms with Crippen molar-refractivity contribution in [2.24, 2.45) is 5.73 Å². The molecule has 3 heterocycles. The summed E-state index contributed by atoms with van der Waals surface area (Å²) in [5, 5.41) is 2.95. The number of nitrogens with zero attached hydrogens (tertiary/aromatic N) is 2. The third-order valence-corrected chi connectivity index (χ3v) is 7.19. The van der Waals surface area contributed by atoms with Crippen LogP contribution in [0.1, 0.15) is 58.1 Å². The van der Waals surface area contributed by atoms with Crippen LogP contribution in [0.4, 0.5) is 8.63 Å². The fourth-order valence-electron chi connectivity index (χ4n) is 5.24. The molecule has 9 heteroatoms. The number of nitrogens with two attached hydrogens (primary N) is 1. The number of fused-ring (bicyclic) bond motifs is 2. The van der Waals surface area contributed by atoms with Crippen molar-refractivity contribution in [3.8, 4) is 17.0 Å². The zero-order valence-electron chi connectivity index (χ0n) is 21.3. The van der Waals surface area contributed by atoms with E-state index >= 15 is 8.63 Å². The average Bonchev–Trinajstić information content (AvgIpc) is 3.40. The average molecular weight is 496 g/mol. The number of hydrogen-bond donors (Lipinski definition) is 2. The van der Waals surface area contributed by atoms with E-state index in [0.29, 0.717) is 53.6 Å². The van der Waals surface area contributed by atoms with Crippen molar-refractivity contribution in [2.75, 3.05) is 20.2 Å². The molecule has 2 aromatic rings. The van der Waals surface area contributed by atoms with Gasteiger partial charge in [0, 0.05) is 48.5 Å². The topological polar surface area (TPSA) is 72.3 Å². The van der Waals surface area contributed by atoms with E-state index in [4.69, 9.17) is 10.5 Å². The Balaban J connectivity index is 1.51. The second kappa shape index (κ2) is 10.8. The van der Waals surface area contributed by atoms with Crippen LogP contribution in [0.15, 0.2) is 53.2 Å². The lowest BCUT2D eigenvalue weighted by atomic mass is 9.89. The second-order valence-electron chi connectivity index (χ2n) is 9.47. The van der Waals surface area contributed by atoms with Crippen molar-refractivity contribution in [1.29, 1.82) is 0 Å². The number of halogens is 2. The Morgan fingerprint density at radius 3 is 2.50 bits per heavy atom. The predicted molar refractivity (Wildman–Crippen MR) is 141 cm³/mol. The van der Waals surface area contributed by atoms with Crippen LogP contribution in [0.2, 0.25) is 0 Å². The van der Waals surface area contributed by atoms with Crippen LogP contribution in [0.3, 0.4) is 0 Å². The van der Waals surface area contributed by atoms with Crippen LogP contribution in [0, 0.1) is 0 Å². The molecule has 0 fully saturated rings. The van der Waals surface area contributed by atoms with Gasteiger partial charge in [-0.3, -0.25) is 4.79 Å². The summed E-state index contributed by atoms with van der Waals surface area (Å²) in [5.74, 6) is 0.624. The van der Waals surface area contributed by atoms with Crippen molar-refractivity contribution in [3.63, 3.8) is 0 Å². The van der Waals surface area contributed by atoms with E-state index in [0.717, 1.165) is 41.3 Å². The molecule has 0 saturated heterocycles. The van der Waals surface area contributed by atoms with Crippen molar-refractivity contribution in [1.82, 2.24) is 9.79 Å². The number of rotatable bonds is 11. The number of aromatic nitrogens is 1. The summed E-state index contributed by atoms with van der Waals surface area (Å²) >= 11 is 0. The van der Waals surface area contributed by atoms with Crippen LogP contribution in [0.5, 0.6) is 5.75 Å². The monoisotopic (exact) mass is 496 g/mol. The van der Waals surface area contributed by atoms with E-state index < -0.39 is 6.97 Å². The van der Waals surface area contributed by atoms with Crippen molar-refractivity contribution in [2.45, 2.75) is 52.4 Å². The number of benzene rings is 1. The molecule has 1 aromatic carbocycles. The highest BCUT2D eigenvalue weighted by molar-refractivity contribution is 6.58. The van der Waals surface area contributed by atoms with Gasteiger partial charge < -0.3 is 33.4 Å². The third-order valence-electron chi connectivity index (χ3n) is 7.19. The zero-order valence-corrected chi connectivity index (χ0v) is 21.3. The Labute approximate surface area is 211 Å². The summed E-state index contributed by atoms with van der Waals surface area (Å²) in [5.41, 5.74) is 9.77. The van der Waals surface area contributed by atoms with Gasteiger partial charge in [-0.2, -0.15) is 0 Å². The highest BCUT2D eigenvalue weighted by Gasteiger charge is 2.54. The first-order chi connectivity index (χ1) is 17.3. The molecule has 192 valence electrons. The van der Waals surface area contributed by atoms with Crippen LogP contribution < -0.4 is 15.8 Å². The maximum atomic E-state index is 16.1. The van der Waals surface area contributed by atoms with E-state index in [1.165, 1.54) is 4.49 Å². The molecule has 1 amide bonds. The van der Waals surface area contributed by atoms with Gasteiger partial charge in [-0.25, -0.2) is 0 Å². The summed E-state index contributed by atoms with van der Waals surface area (Å²) in [6.07, 6.45) is 6.54. The molecule has 3 N–H and O–H groups in total. The van der Waals surface area contributed by atoms with Crippen molar-refractivity contribution < 1.29 is 22.6 Å². The number of allylic oxidation sites excluding steroid dienone is 2. The quantitative estimate of drug-likeness (QED) is 0.341. The smallest absolute Gasteiger partial charge is 0.497 e. The lowest BCUT2D eigenvalue weighted by molar-refractivity contribution is -0.362. The highest BCUT2D eigenvalue weighted by atomic mass is 19.2. The number of carbonyl (C=O) groups is 1. The van der Waals surface area contributed by atoms with Gasteiger partial charge in [-0.1, -0.05) is 12.8 Å². The van der Waals surface area contributed by atoms with E-state index in [1.54, 1.807) is 50.4 Å². The fraction of sp³-hybridized carbons (Fsp3) is 0.407. The summed E-state index contributed by atoms with van der Waals surface area (Å²) in [7, 11) is 1.57. The minimum absolute atomic E-state index is 0.0499. The Hall–Kier alpha value is -3.20. The first kappa shape index (κ1) is 25.9. The molecule has 0 bridgehead atoms.